The molecule has 0 atom stereocenters. The van der Waals surface area contributed by atoms with Crippen molar-refractivity contribution in [2.45, 2.75) is 58.4 Å². The second-order valence-electron chi connectivity index (χ2n) is 6.40. The second-order valence-corrected chi connectivity index (χ2v) is 6.40. The van der Waals surface area contributed by atoms with Crippen LogP contribution in [0.3, 0.4) is 0 Å². The van der Waals surface area contributed by atoms with Crippen LogP contribution in [0.15, 0.2) is 0 Å². The van der Waals surface area contributed by atoms with Crippen LogP contribution < -0.4 is 5.32 Å². The molecule has 0 aromatic carbocycles. The van der Waals surface area contributed by atoms with Gasteiger partial charge in [0.25, 0.3) is 0 Å². The van der Waals surface area contributed by atoms with Crippen LogP contribution in [0.1, 0.15) is 52.4 Å². The van der Waals surface area contributed by atoms with Gasteiger partial charge in [0, 0.05) is 6.04 Å². The van der Waals surface area contributed by atoms with Gasteiger partial charge in [0.05, 0.1) is 0 Å². The third-order valence-electron chi connectivity index (χ3n) is 3.80. The van der Waals surface area contributed by atoms with Crippen LogP contribution in [0.5, 0.6) is 0 Å². The molecule has 0 radical (unpaired) electrons. The third-order valence-corrected chi connectivity index (χ3v) is 3.80. The van der Waals surface area contributed by atoms with E-state index >= 15 is 0 Å². The molecule has 96 valence electrons. The van der Waals surface area contributed by atoms with Crippen LogP contribution in [0, 0.1) is 5.41 Å². The predicted molar refractivity (Wildman–Crippen MR) is 71.8 cm³/mol. The zero-order valence-corrected chi connectivity index (χ0v) is 11.7. The lowest BCUT2D eigenvalue weighted by Crippen LogP contribution is -2.36. The number of hydrogen-bond acceptors (Lipinski definition) is 2. The lowest BCUT2D eigenvalue weighted by molar-refractivity contribution is 0.206. The Morgan fingerprint density at radius 1 is 1.12 bits per heavy atom. The van der Waals surface area contributed by atoms with E-state index in [-0.39, 0.29) is 0 Å². The van der Waals surface area contributed by atoms with Gasteiger partial charge in [-0.25, -0.2) is 0 Å². The minimum absolute atomic E-state index is 0.600. The SMILES string of the molecule is CN(C)CCCCNC1CCC(C)(C)CC1. The van der Waals surface area contributed by atoms with Crippen LogP contribution in [0.4, 0.5) is 0 Å². The zero-order valence-electron chi connectivity index (χ0n) is 11.7. The normalized spacial score (nSPS) is 21.6. The Hall–Kier alpha value is -0.0800. The Morgan fingerprint density at radius 2 is 1.75 bits per heavy atom. The summed E-state index contributed by atoms with van der Waals surface area (Å²) in [6.45, 7) is 7.24. The van der Waals surface area contributed by atoms with Gasteiger partial charge in [0.15, 0.2) is 0 Å². The van der Waals surface area contributed by atoms with Crippen LogP contribution in [-0.4, -0.2) is 38.1 Å². The number of rotatable bonds is 6. The molecule has 0 aromatic rings. The summed E-state index contributed by atoms with van der Waals surface area (Å²) in [4.78, 5) is 2.27. The molecular weight excluding hydrogens is 196 g/mol. The lowest BCUT2D eigenvalue weighted by Gasteiger charge is -2.34. The van der Waals surface area contributed by atoms with Gasteiger partial charge in [-0.1, -0.05) is 13.8 Å². The van der Waals surface area contributed by atoms with E-state index in [0.717, 1.165) is 6.04 Å². The van der Waals surface area contributed by atoms with E-state index in [0.29, 0.717) is 5.41 Å². The molecule has 0 aliphatic heterocycles. The van der Waals surface area contributed by atoms with Gasteiger partial charge in [-0.3, -0.25) is 0 Å². The van der Waals surface area contributed by atoms with E-state index in [1.165, 1.54) is 51.6 Å². The molecule has 1 rings (SSSR count). The molecule has 2 heteroatoms. The first-order chi connectivity index (χ1) is 7.49. The molecule has 1 aliphatic carbocycles. The van der Waals surface area contributed by atoms with Gasteiger partial charge in [0.1, 0.15) is 0 Å². The van der Waals surface area contributed by atoms with Crippen LogP contribution in [0.2, 0.25) is 0 Å². The van der Waals surface area contributed by atoms with Gasteiger partial charge in [-0.2, -0.15) is 0 Å². The van der Waals surface area contributed by atoms with Crippen LogP contribution in [0.25, 0.3) is 0 Å². The van der Waals surface area contributed by atoms with Gasteiger partial charge < -0.3 is 10.2 Å². The van der Waals surface area contributed by atoms with E-state index in [2.05, 4.69) is 38.2 Å². The summed E-state index contributed by atoms with van der Waals surface area (Å²) in [5.74, 6) is 0. The molecule has 0 amide bonds. The second kappa shape index (κ2) is 6.61. The monoisotopic (exact) mass is 226 g/mol. The van der Waals surface area contributed by atoms with Crippen molar-refractivity contribution in [2.24, 2.45) is 5.41 Å². The Labute approximate surface area is 102 Å². The van der Waals surface area contributed by atoms with E-state index < -0.39 is 0 Å². The Kier molecular flexibility index (Phi) is 5.77. The summed E-state index contributed by atoms with van der Waals surface area (Å²) in [6, 6.07) is 0.799. The Bertz CT molecular complexity index is 177. The molecule has 0 heterocycles. The van der Waals surface area contributed by atoms with E-state index in [9.17, 15) is 0 Å². The Balaban J connectivity index is 1.98. The number of unbranched alkanes of at least 4 members (excludes halogenated alkanes) is 1. The van der Waals surface area contributed by atoms with Gasteiger partial charge >= 0.3 is 0 Å². The van der Waals surface area contributed by atoms with Crippen molar-refractivity contribution < 1.29 is 0 Å². The van der Waals surface area contributed by atoms with Crippen molar-refractivity contribution in [3.05, 3.63) is 0 Å². The van der Waals surface area contributed by atoms with Crippen LogP contribution in [-0.2, 0) is 0 Å². The number of hydrogen-bond donors (Lipinski definition) is 1. The van der Waals surface area contributed by atoms with E-state index in [4.69, 9.17) is 0 Å². The number of nitrogens with one attached hydrogen (secondary N) is 1. The summed E-state index contributed by atoms with van der Waals surface area (Å²) in [5, 5.41) is 3.71. The molecule has 0 spiro atoms. The highest BCUT2D eigenvalue weighted by atomic mass is 15.0. The quantitative estimate of drug-likeness (QED) is 0.701. The van der Waals surface area contributed by atoms with Gasteiger partial charge in [-0.05, 0) is 71.1 Å². The molecule has 16 heavy (non-hydrogen) atoms. The number of nitrogens with zero attached hydrogens (tertiary/aromatic N) is 1. The molecule has 2 nitrogen and oxygen atoms in total. The minimum Gasteiger partial charge on any atom is -0.314 e. The maximum atomic E-state index is 3.71. The van der Waals surface area contributed by atoms with Crippen LogP contribution >= 0.6 is 0 Å². The van der Waals surface area contributed by atoms with Crippen molar-refractivity contribution in [3.8, 4) is 0 Å². The highest BCUT2D eigenvalue weighted by Gasteiger charge is 2.26. The van der Waals surface area contributed by atoms with Gasteiger partial charge in [-0.15, -0.1) is 0 Å². The molecule has 1 saturated carbocycles. The molecule has 0 saturated heterocycles. The summed E-state index contributed by atoms with van der Waals surface area (Å²) in [6.07, 6.45) is 8.17. The fourth-order valence-corrected chi connectivity index (χ4v) is 2.46. The van der Waals surface area contributed by atoms with Crippen molar-refractivity contribution in [3.63, 3.8) is 0 Å². The fourth-order valence-electron chi connectivity index (χ4n) is 2.46. The van der Waals surface area contributed by atoms with Crippen molar-refractivity contribution in [2.75, 3.05) is 27.2 Å². The molecule has 1 aliphatic rings. The first kappa shape index (κ1) is 14.0. The first-order valence-corrected chi connectivity index (χ1v) is 6.88. The molecule has 0 bridgehead atoms. The molecule has 0 unspecified atom stereocenters. The average molecular weight is 226 g/mol. The van der Waals surface area contributed by atoms with E-state index in [1.807, 2.05) is 0 Å². The zero-order chi connectivity index (χ0) is 12.0. The van der Waals surface area contributed by atoms with Crippen molar-refractivity contribution in [1.29, 1.82) is 0 Å². The third kappa shape index (κ3) is 5.86. The minimum atomic E-state index is 0.600. The maximum absolute atomic E-state index is 3.71. The maximum Gasteiger partial charge on any atom is 0.00674 e. The molecule has 1 fully saturated rings. The van der Waals surface area contributed by atoms with Gasteiger partial charge in [0.2, 0.25) is 0 Å². The smallest absolute Gasteiger partial charge is 0.00674 e. The fraction of sp³-hybridized carbons (Fsp3) is 1.00. The standard InChI is InChI=1S/C14H30N2/c1-14(2)9-7-13(8-10-14)15-11-5-6-12-16(3)4/h13,15H,5-12H2,1-4H3. The topological polar surface area (TPSA) is 15.3 Å². The molecule has 1 N–H and O–H groups in total. The summed E-state index contributed by atoms with van der Waals surface area (Å²) in [7, 11) is 4.30. The highest BCUT2D eigenvalue weighted by Crippen LogP contribution is 2.34. The molecule has 0 aromatic heterocycles. The summed E-state index contributed by atoms with van der Waals surface area (Å²) in [5.41, 5.74) is 0.600. The summed E-state index contributed by atoms with van der Waals surface area (Å²) >= 11 is 0. The first-order valence-electron chi connectivity index (χ1n) is 6.88. The largest absolute Gasteiger partial charge is 0.314 e. The average Bonchev–Trinajstić information content (AvgIpc) is 2.19. The highest BCUT2D eigenvalue weighted by molar-refractivity contribution is 4.81. The van der Waals surface area contributed by atoms with Crippen molar-refractivity contribution in [1.82, 2.24) is 10.2 Å². The summed E-state index contributed by atoms with van der Waals surface area (Å²) < 4.78 is 0. The predicted octanol–water partition coefficient (Wildman–Crippen LogP) is 2.89. The van der Waals surface area contributed by atoms with E-state index in [1.54, 1.807) is 0 Å². The van der Waals surface area contributed by atoms with Crippen molar-refractivity contribution >= 4 is 0 Å². The lowest BCUT2D eigenvalue weighted by atomic mass is 9.75. The molecular formula is C14H30N2. The Morgan fingerprint density at radius 3 is 2.31 bits per heavy atom.